The highest BCUT2D eigenvalue weighted by atomic mass is 16.5. The van der Waals surface area contributed by atoms with E-state index in [0.717, 1.165) is 17.9 Å². The van der Waals surface area contributed by atoms with E-state index in [0.29, 0.717) is 13.2 Å². The third kappa shape index (κ3) is 1.98. The first-order valence-corrected chi connectivity index (χ1v) is 4.07. The molecule has 0 radical (unpaired) electrons. The summed E-state index contributed by atoms with van der Waals surface area (Å²) < 4.78 is 7.20. The van der Waals surface area contributed by atoms with Gasteiger partial charge in [-0.25, -0.2) is 4.68 Å². The van der Waals surface area contributed by atoms with E-state index >= 15 is 0 Å². The molecule has 2 N–H and O–H groups in total. The number of nitrogens with zero attached hydrogens (tertiary/aromatic N) is 2. The zero-order chi connectivity index (χ0) is 8.97. The summed E-state index contributed by atoms with van der Waals surface area (Å²) in [4.78, 5) is 0. The average Bonchev–Trinajstić information content (AvgIpc) is 2.35. The maximum atomic E-state index is 5.47. The maximum absolute atomic E-state index is 5.47. The molecule has 0 fully saturated rings. The standard InChI is InChI=1S/C8H15N3O/c1-7-6-10-11(2)8(7)12-5-3-4-9/h6H,3-5,9H2,1-2H3. The molecule has 0 unspecified atom stereocenters. The molecule has 68 valence electrons. The Bertz CT molecular complexity index is 225. The van der Waals surface area contributed by atoms with Crippen LogP contribution in [0.1, 0.15) is 12.0 Å². The van der Waals surface area contributed by atoms with Gasteiger partial charge in [0.05, 0.1) is 12.8 Å². The first-order valence-electron chi connectivity index (χ1n) is 4.07. The normalized spacial score (nSPS) is 10.2. The number of aromatic nitrogens is 2. The number of rotatable bonds is 4. The van der Waals surface area contributed by atoms with Crippen molar-refractivity contribution >= 4 is 0 Å². The van der Waals surface area contributed by atoms with Crippen LogP contribution in [0.15, 0.2) is 6.20 Å². The second kappa shape index (κ2) is 4.11. The van der Waals surface area contributed by atoms with Crippen LogP contribution in [0.4, 0.5) is 0 Å². The minimum Gasteiger partial charge on any atom is -0.478 e. The Hall–Kier alpha value is -1.03. The van der Waals surface area contributed by atoms with Crippen LogP contribution < -0.4 is 10.5 Å². The molecule has 1 aromatic rings. The molecule has 0 aromatic carbocycles. The summed E-state index contributed by atoms with van der Waals surface area (Å²) in [5.74, 6) is 0.837. The van der Waals surface area contributed by atoms with Gasteiger partial charge in [0, 0.05) is 12.6 Å². The van der Waals surface area contributed by atoms with Gasteiger partial charge in [-0.05, 0) is 19.9 Å². The van der Waals surface area contributed by atoms with Crippen molar-refractivity contribution in [2.75, 3.05) is 13.2 Å². The Kier molecular flexibility index (Phi) is 3.10. The quantitative estimate of drug-likeness (QED) is 0.666. The Balaban J connectivity index is 2.50. The van der Waals surface area contributed by atoms with Crippen molar-refractivity contribution in [3.63, 3.8) is 0 Å². The lowest BCUT2D eigenvalue weighted by atomic mass is 10.4. The van der Waals surface area contributed by atoms with Crippen LogP contribution >= 0.6 is 0 Å². The molecule has 0 amide bonds. The lowest BCUT2D eigenvalue weighted by molar-refractivity contribution is 0.285. The van der Waals surface area contributed by atoms with Gasteiger partial charge in [-0.15, -0.1) is 0 Å². The van der Waals surface area contributed by atoms with Crippen LogP contribution in [0, 0.1) is 6.92 Å². The number of hydrogen-bond donors (Lipinski definition) is 1. The van der Waals surface area contributed by atoms with Gasteiger partial charge in [-0.1, -0.05) is 0 Å². The fourth-order valence-electron chi connectivity index (χ4n) is 0.996. The van der Waals surface area contributed by atoms with Crippen molar-refractivity contribution in [2.24, 2.45) is 12.8 Å². The summed E-state index contributed by atoms with van der Waals surface area (Å²) in [7, 11) is 1.87. The fourth-order valence-corrected chi connectivity index (χ4v) is 0.996. The molecule has 0 saturated carbocycles. The van der Waals surface area contributed by atoms with Crippen LogP contribution in [0.3, 0.4) is 0 Å². The topological polar surface area (TPSA) is 53.1 Å². The molecular formula is C8H15N3O. The van der Waals surface area contributed by atoms with Gasteiger partial charge in [0.2, 0.25) is 5.88 Å². The second-order valence-electron chi connectivity index (χ2n) is 2.75. The Labute approximate surface area is 72.3 Å². The third-order valence-electron chi connectivity index (χ3n) is 1.64. The van der Waals surface area contributed by atoms with Crippen molar-refractivity contribution in [2.45, 2.75) is 13.3 Å². The zero-order valence-corrected chi connectivity index (χ0v) is 7.58. The summed E-state index contributed by atoms with van der Waals surface area (Å²) in [6.45, 7) is 3.30. The molecule has 0 saturated heterocycles. The molecule has 0 spiro atoms. The number of hydrogen-bond acceptors (Lipinski definition) is 3. The van der Waals surface area contributed by atoms with Crippen LogP contribution in [0.2, 0.25) is 0 Å². The predicted octanol–water partition coefficient (Wildman–Crippen LogP) is 0.456. The SMILES string of the molecule is Cc1cnn(C)c1OCCCN. The lowest BCUT2D eigenvalue weighted by Gasteiger charge is -2.05. The molecule has 0 bridgehead atoms. The van der Waals surface area contributed by atoms with Crippen LogP contribution in [-0.4, -0.2) is 22.9 Å². The summed E-state index contributed by atoms with van der Waals surface area (Å²) in [5.41, 5.74) is 6.41. The minimum absolute atomic E-state index is 0.664. The fraction of sp³-hybridized carbons (Fsp3) is 0.625. The van der Waals surface area contributed by atoms with Gasteiger partial charge in [0.25, 0.3) is 0 Å². The highest BCUT2D eigenvalue weighted by Crippen LogP contribution is 2.14. The predicted molar refractivity (Wildman–Crippen MR) is 47.1 cm³/mol. The molecule has 4 heteroatoms. The van der Waals surface area contributed by atoms with Crippen molar-refractivity contribution in [3.8, 4) is 5.88 Å². The van der Waals surface area contributed by atoms with E-state index in [9.17, 15) is 0 Å². The smallest absolute Gasteiger partial charge is 0.214 e. The van der Waals surface area contributed by atoms with E-state index in [-0.39, 0.29) is 0 Å². The Morgan fingerprint density at radius 2 is 2.42 bits per heavy atom. The van der Waals surface area contributed by atoms with Crippen LogP contribution in [0.5, 0.6) is 5.88 Å². The molecular weight excluding hydrogens is 154 g/mol. The van der Waals surface area contributed by atoms with E-state index in [2.05, 4.69) is 5.10 Å². The Morgan fingerprint density at radius 1 is 1.67 bits per heavy atom. The lowest BCUT2D eigenvalue weighted by Crippen LogP contribution is -2.08. The van der Waals surface area contributed by atoms with E-state index < -0.39 is 0 Å². The van der Waals surface area contributed by atoms with Gasteiger partial charge >= 0.3 is 0 Å². The van der Waals surface area contributed by atoms with E-state index in [1.54, 1.807) is 10.9 Å². The second-order valence-corrected chi connectivity index (χ2v) is 2.75. The van der Waals surface area contributed by atoms with E-state index in [1.807, 2.05) is 14.0 Å². The maximum Gasteiger partial charge on any atom is 0.214 e. The summed E-state index contributed by atoms with van der Waals surface area (Å²) >= 11 is 0. The van der Waals surface area contributed by atoms with Gasteiger partial charge in [-0.3, -0.25) is 0 Å². The minimum atomic E-state index is 0.664. The summed E-state index contributed by atoms with van der Waals surface area (Å²) in [6, 6.07) is 0. The molecule has 0 aliphatic carbocycles. The Morgan fingerprint density at radius 3 is 2.92 bits per heavy atom. The molecule has 1 heterocycles. The molecule has 0 atom stereocenters. The monoisotopic (exact) mass is 169 g/mol. The average molecular weight is 169 g/mol. The molecule has 1 aromatic heterocycles. The van der Waals surface area contributed by atoms with Crippen molar-refractivity contribution in [1.29, 1.82) is 0 Å². The van der Waals surface area contributed by atoms with Gasteiger partial charge in [-0.2, -0.15) is 5.10 Å². The number of ether oxygens (including phenoxy) is 1. The molecule has 0 aliphatic rings. The molecule has 1 rings (SSSR count). The van der Waals surface area contributed by atoms with E-state index in [1.165, 1.54) is 0 Å². The number of nitrogens with two attached hydrogens (primary N) is 1. The third-order valence-corrected chi connectivity index (χ3v) is 1.64. The largest absolute Gasteiger partial charge is 0.478 e. The number of aryl methyl sites for hydroxylation is 2. The highest BCUT2D eigenvalue weighted by molar-refractivity contribution is 5.21. The van der Waals surface area contributed by atoms with Crippen molar-refractivity contribution in [3.05, 3.63) is 11.8 Å². The van der Waals surface area contributed by atoms with Crippen LogP contribution in [0.25, 0.3) is 0 Å². The summed E-state index contributed by atoms with van der Waals surface area (Å²) in [6.07, 6.45) is 2.67. The first-order chi connectivity index (χ1) is 5.75. The molecule has 0 aliphatic heterocycles. The molecule has 4 nitrogen and oxygen atoms in total. The van der Waals surface area contributed by atoms with Gasteiger partial charge in [0.15, 0.2) is 0 Å². The van der Waals surface area contributed by atoms with Gasteiger partial charge in [0.1, 0.15) is 0 Å². The highest BCUT2D eigenvalue weighted by Gasteiger charge is 2.03. The zero-order valence-electron chi connectivity index (χ0n) is 7.58. The van der Waals surface area contributed by atoms with E-state index in [4.69, 9.17) is 10.5 Å². The van der Waals surface area contributed by atoms with Gasteiger partial charge < -0.3 is 10.5 Å². The van der Waals surface area contributed by atoms with Crippen molar-refractivity contribution in [1.82, 2.24) is 9.78 Å². The van der Waals surface area contributed by atoms with Crippen LogP contribution in [-0.2, 0) is 7.05 Å². The molecule has 12 heavy (non-hydrogen) atoms. The summed E-state index contributed by atoms with van der Waals surface area (Å²) in [5, 5.41) is 4.06. The van der Waals surface area contributed by atoms with Crippen molar-refractivity contribution < 1.29 is 4.74 Å². The first kappa shape index (κ1) is 9.06.